The van der Waals surface area contributed by atoms with E-state index in [2.05, 4.69) is 25.2 Å². The van der Waals surface area contributed by atoms with Gasteiger partial charge in [0.15, 0.2) is 5.16 Å². The summed E-state index contributed by atoms with van der Waals surface area (Å²) in [4.78, 5) is 25.3. The van der Waals surface area contributed by atoms with Crippen LogP contribution in [-0.4, -0.2) is 45.3 Å². The van der Waals surface area contributed by atoms with E-state index in [1.165, 1.54) is 6.07 Å². The van der Waals surface area contributed by atoms with E-state index in [1.807, 2.05) is 24.3 Å². The maximum atomic E-state index is 11.3. The molecule has 3 heterocycles. The molecule has 0 saturated carbocycles. The lowest BCUT2D eigenvalue weighted by molar-refractivity contribution is -0.384. The molecule has 0 aliphatic carbocycles. The minimum atomic E-state index is -0.393. The predicted octanol–water partition coefficient (Wildman–Crippen LogP) is 3.67. The number of thioether (sulfide) groups is 1. The lowest BCUT2D eigenvalue weighted by atomic mass is 10.3. The van der Waals surface area contributed by atoms with Crippen LogP contribution in [0.15, 0.2) is 41.6 Å². The van der Waals surface area contributed by atoms with Crippen molar-refractivity contribution < 1.29 is 4.92 Å². The summed E-state index contributed by atoms with van der Waals surface area (Å²) < 4.78 is 0. The van der Waals surface area contributed by atoms with Crippen LogP contribution in [-0.2, 0) is 0 Å². The molecule has 0 amide bonds. The molecule has 2 N–H and O–H groups in total. The van der Waals surface area contributed by atoms with E-state index < -0.39 is 4.92 Å². The first kappa shape index (κ1) is 17.6. The molecule has 27 heavy (non-hydrogen) atoms. The van der Waals surface area contributed by atoms with Crippen LogP contribution in [0.2, 0.25) is 0 Å². The number of pyridine rings is 1. The van der Waals surface area contributed by atoms with Crippen molar-refractivity contribution in [3.8, 4) is 0 Å². The number of fused-ring (bicyclic) bond motifs is 1. The topological polar surface area (TPSA) is 100.0 Å². The predicted molar refractivity (Wildman–Crippen MR) is 108 cm³/mol. The molecule has 8 nitrogen and oxygen atoms in total. The van der Waals surface area contributed by atoms with Gasteiger partial charge in [-0.1, -0.05) is 23.9 Å². The van der Waals surface area contributed by atoms with Gasteiger partial charge in [0.25, 0.3) is 0 Å². The van der Waals surface area contributed by atoms with Crippen LogP contribution in [0, 0.1) is 10.1 Å². The summed E-state index contributed by atoms with van der Waals surface area (Å²) in [7, 11) is 0. The maximum Gasteiger partial charge on any atom is 0.311 e. The fourth-order valence-electron chi connectivity index (χ4n) is 3.16. The Balaban J connectivity index is 1.40. The highest BCUT2D eigenvalue weighted by Gasteiger charge is 2.20. The molecule has 2 aromatic heterocycles. The van der Waals surface area contributed by atoms with Crippen LogP contribution >= 0.6 is 11.8 Å². The Labute approximate surface area is 160 Å². The Morgan fingerprint density at radius 2 is 2.00 bits per heavy atom. The summed E-state index contributed by atoms with van der Waals surface area (Å²) in [5, 5.41) is 15.3. The molecule has 0 spiro atoms. The van der Waals surface area contributed by atoms with Gasteiger partial charge >= 0.3 is 5.69 Å². The largest absolute Gasteiger partial charge is 0.363 e. The van der Waals surface area contributed by atoms with Crippen LogP contribution in [0.1, 0.15) is 12.8 Å². The average Bonchev–Trinajstić information content (AvgIpc) is 3.34. The number of imidazole rings is 1. The number of H-pyrrole nitrogens is 1. The Morgan fingerprint density at radius 1 is 1.19 bits per heavy atom. The minimum absolute atomic E-state index is 0.00619. The van der Waals surface area contributed by atoms with Gasteiger partial charge in [0.2, 0.25) is 5.82 Å². The zero-order valence-electron chi connectivity index (χ0n) is 14.7. The standard InChI is InChI=1S/C18H20N6O2S/c25-24(26)15-7-8-16(23-10-3-4-11-23)22-17(15)19-9-12-27-18-20-13-5-1-2-6-14(13)21-18/h1-2,5-8H,3-4,9-12H2,(H,19,22)(H,20,21). The third-order valence-corrected chi connectivity index (χ3v) is 5.36. The zero-order chi connectivity index (χ0) is 18.6. The highest BCUT2D eigenvalue weighted by Crippen LogP contribution is 2.27. The van der Waals surface area contributed by atoms with Crippen molar-refractivity contribution in [3.05, 3.63) is 46.5 Å². The van der Waals surface area contributed by atoms with Gasteiger partial charge < -0.3 is 15.2 Å². The first-order valence-electron chi connectivity index (χ1n) is 8.92. The Kier molecular flexibility index (Phi) is 5.10. The lowest BCUT2D eigenvalue weighted by Crippen LogP contribution is -2.20. The molecule has 1 saturated heterocycles. The summed E-state index contributed by atoms with van der Waals surface area (Å²) in [6.45, 7) is 2.46. The number of hydrogen-bond acceptors (Lipinski definition) is 7. The normalized spacial score (nSPS) is 14.0. The van der Waals surface area contributed by atoms with Crippen LogP contribution < -0.4 is 10.2 Å². The number of nitrogens with one attached hydrogen (secondary N) is 2. The van der Waals surface area contributed by atoms with Crippen molar-refractivity contribution in [2.45, 2.75) is 18.0 Å². The van der Waals surface area contributed by atoms with Gasteiger partial charge in [0.05, 0.1) is 16.0 Å². The van der Waals surface area contributed by atoms with Crippen molar-refractivity contribution in [1.82, 2.24) is 15.0 Å². The van der Waals surface area contributed by atoms with E-state index in [1.54, 1.807) is 17.8 Å². The van der Waals surface area contributed by atoms with E-state index in [0.717, 1.165) is 47.9 Å². The van der Waals surface area contributed by atoms with E-state index in [4.69, 9.17) is 0 Å². The van der Waals surface area contributed by atoms with Crippen molar-refractivity contribution in [2.75, 3.05) is 35.6 Å². The first-order valence-corrected chi connectivity index (χ1v) is 9.91. The fourth-order valence-corrected chi connectivity index (χ4v) is 3.90. The van der Waals surface area contributed by atoms with Crippen LogP contribution in [0.3, 0.4) is 0 Å². The molecule has 4 rings (SSSR count). The molecule has 3 aromatic rings. The molecule has 1 fully saturated rings. The maximum absolute atomic E-state index is 11.3. The molecule has 140 valence electrons. The number of anilines is 2. The zero-order valence-corrected chi connectivity index (χ0v) is 15.5. The third-order valence-electron chi connectivity index (χ3n) is 4.49. The van der Waals surface area contributed by atoms with Crippen molar-refractivity contribution >= 4 is 40.1 Å². The first-order chi connectivity index (χ1) is 13.2. The highest BCUT2D eigenvalue weighted by atomic mass is 32.2. The summed E-state index contributed by atoms with van der Waals surface area (Å²) in [6, 6.07) is 11.1. The van der Waals surface area contributed by atoms with Gasteiger partial charge in [-0.15, -0.1) is 0 Å². The monoisotopic (exact) mass is 384 g/mol. The number of benzene rings is 1. The number of rotatable bonds is 7. The van der Waals surface area contributed by atoms with E-state index in [-0.39, 0.29) is 5.69 Å². The van der Waals surface area contributed by atoms with Crippen LogP contribution in [0.5, 0.6) is 0 Å². The fraction of sp³-hybridized carbons (Fsp3) is 0.333. The number of hydrogen-bond donors (Lipinski definition) is 2. The smallest absolute Gasteiger partial charge is 0.311 e. The number of aromatic nitrogens is 3. The molecule has 0 radical (unpaired) electrons. The number of aromatic amines is 1. The van der Waals surface area contributed by atoms with Crippen LogP contribution in [0.4, 0.5) is 17.3 Å². The average molecular weight is 384 g/mol. The highest BCUT2D eigenvalue weighted by molar-refractivity contribution is 7.99. The summed E-state index contributed by atoms with van der Waals surface area (Å²) in [5.41, 5.74) is 1.94. The van der Waals surface area contributed by atoms with Crippen molar-refractivity contribution in [3.63, 3.8) is 0 Å². The molecular weight excluding hydrogens is 364 g/mol. The molecule has 0 bridgehead atoms. The molecule has 0 atom stereocenters. The Morgan fingerprint density at radius 3 is 2.78 bits per heavy atom. The van der Waals surface area contributed by atoms with E-state index in [9.17, 15) is 10.1 Å². The second kappa shape index (κ2) is 7.83. The molecule has 9 heteroatoms. The van der Waals surface area contributed by atoms with Crippen molar-refractivity contribution in [1.29, 1.82) is 0 Å². The second-order valence-electron chi connectivity index (χ2n) is 6.32. The van der Waals surface area contributed by atoms with Gasteiger partial charge in [-0.05, 0) is 31.0 Å². The minimum Gasteiger partial charge on any atom is -0.363 e. The summed E-state index contributed by atoms with van der Waals surface area (Å²) in [6.07, 6.45) is 2.27. The van der Waals surface area contributed by atoms with E-state index >= 15 is 0 Å². The van der Waals surface area contributed by atoms with Crippen molar-refractivity contribution in [2.24, 2.45) is 0 Å². The Bertz CT molecular complexity index is 921. The van der Waals surface area contributed by atoms with Gasteiger partial charge in [-0.3, -0.25) is 10.1 Å². The lowest BCUT2D eigenvalue weighted by Gasteiger charge is -2.17. The molecule has 1 aromatic carbocycles. The SMILES string of the molecule is O=[N+]([O-])c1ccc(N2CCCC2)nc1NCCSc1nc2ccccc2[nH]1. The summed E-state index contributed by atoms with van der Waals surface area (Å²) in [5.74, 6) is 1.84. The van der Waals surface area contributed by atoms with Gasteiger partial charge in [-0.25, -0.2) is 9.97 Å². The molecule has 1 aliphatic heterocycles. The molecule has 0 unspecified atom stereocenters. The Hall–Kier alpha value is -2.81. The molecule has 1 aliphatic rings. The quantitative estimate of drug-likeness (QED) is 0.277. The van der Waals surface area contributed by atoms with E-state index in [0.29, 0.717) is 18.1 Å². The third kappa shape index (κ3) is 3.97. The molecular formula is C18H20N6O2S. The van der Waals surface area contributed by atoms with Gasteiger partial charge in [-0.2, -0.15) is 0 Å². The van der Waals surface area contributed by atoms with Crippen LogP contribution in [0.25, 0.3) is 11.0 Å². The number of nitro groups is 1. The summed E-state index contributed by atoms with van der Waals surface area (Å²) >= 11 is 1.57. The number of para-hydroxylation sites is 2. The van der Waals surface area contributed by atoms with Gasteiger partial charge in [0.1, 0.15) is 5.82 Å². The number of nitrogens with zero attached hydrogens (tertiary/aromatic N) is 4. The van der Waals surface area contributed by atoms with Gasteiger partial charge in [0, 0.05) is 31.5 Å². The second-order valence-corrected chi connectivity index (χ2v) is 7.41.